The molecule has 0 radical (unpaired) electrons. The lowest BCUT2D eigenvalue weighted by Crippen LogP contribution is -2.06. The molecule has 0 atom stereocenters. The maximum atomic E-state index is 13.6. The Morgan fingerprint density at radius 1 is 1.37 bits per heavy atom. The summed E-state index contributed by atoms with van der Waals surface area (Å²) < 4.78 is 13.6. The number of halogens is 1. The summed E-state index contributed by atoms with van der Waals surface area (Å²) in [4.78, 5) is 14.3. The van der Waals surface area contributed by atoms with E-state index >= 15 is 0 Å². The predicted octanol–water partition coefficient (Wildman–Crippen LogP) is 1.98. The quantitative estimate of drug-likeness (QED) is 0.718. The van der Waals surface area contributed by atoms with Crippen molar-refractivity contribution in [2.75, 3.05) is 16.4 Å². The molecule has 0 saturated heterocycles. The fourth-order valence-electron chi connectivity index (χ4n) is 1.63. The van der Waals surface area contributed by atoms with E-state index < -0.39 is 0 Å². The Balaban J connectivity index is 2.12. The summed E-state index contributed by atoms with van der Waals surface area (Å²) in [5.41, 5.74) is 7.27. The van der Waals surface area contributed by atoms with E-state index in [1.54, 1.807) is 24.4 Å². The van der Waals surface area contributed by atoms with E-state index in [0.29, 0.717) is 29.2 Å². The fraction of sp³-hybridized carbons (Fsp3) is 0.0769. The molecule has 5 nitrogen and oxygen atoms in total. The van der Waals surface area contributed by atoms with Gasteiger partial charge in [0.25, 0.3) is 0 Å². The van der Waals surface area contributed by atoms with Crippen molar-refractivity contribution in [1.82, 2.24) is 4.98 Å². The van der Waals surface area contributed by atoms with E-state index in [1.807, 2.05) is 0 Å². The van der Waals surface area contributed by atoms with Crippen molar-refractivity contribution in [2.45, 2.75) is 6.54 Å². The number of nitrogen functional groups attached to an aromatic ring is 1. The number of carbonyl (C=O) groups excluding carboxylic acids is 1. The molecule has 98 valence electrons. The Labute approximate surface area is 109 Å². The van der Waals surface area contributed by atoms with Crippen LogP contribution < -0.4 is 16.4 Å². The van der Waals surface area contributed by atoms with Crippen molar-refractivity contribution in [3.63, 3.8) is 0 Å². The van der Waals surface area contributed by atoms with Crippen LogP contribution in [0.15, 0.2) is 36.5 Å². The number of amides is 1. The maximum absolute atomic E-state index is 13.6. The van der Waals surface area contributed by atoms with Crippen molar-refractivity contribution >= 4 is 23.6 Å². The summed E-state index contributed by atoms with van der Waals surface area (Å²) in [5.74, 6) is -0.00325. The first kappa shape index (κ1) is 12.8. The SMILES string of the molecule is Nc1ncccc1NCc1cc(NC=O)ccc1F. The van der Waals surface area contributed by atoms with Gasteiger partial charge in [-0.15, -0.1) is 0 Å². The van der Waals surface area contributed by atoms with Gasteiger partial charge in [0.1, 0.15) is 11.6 Å². The van der Waals surface area contributed by atoms with Crippen molar-refractivity contribution in [3.05, 3.63) is 47.9 Å². The molecule has 1 heterocycles. The van der Waals surface area contributed by atoms with E-state index in [2.05, 4.69) is 15.6 Å². The van der Waals surface area contributed by atoms with Gasteiger partial charge in [0.15, 0.2) is 0 Å². The Morgan fingerprint density at radius 2 is 2.21 bits per heavy atom. The average Bonchev–Trinajstić information content (AvgIpc) is 2.41. The maximum Gasteiger partial charge on any atom is 0.211 e. The second-order valence-corrected chi connectivity index (χ2v) is 3.86. The molecular formula is C13H13FN4O. The molecule has 1 aromatic carbocycles. The zero-order valence-corrected chi connectivity index (χ0v) is 10.1. The zero-order valence-electron chi connectivity index (χ0n) is 10.1. The van der Waals surface area contributed by atoms with Crippen LogP contribution in [0.1, 0.15) is 5.56 Å². The first-order valence-electron chi connectivity index (χ1n) is 5.63. The van der Waals surface area contributed by atoms with Crippen LogP contribution in [0.2, 0.25) is 0 Å². The zero-order chi connectivity index (χ0) is 13.7. The number of nitrogens with two attached hydrogens (primary N) is 1. The molecular weight excluding hydrogens is 247 g/mol. The highest BCUT2D eigenvalue weighted by atomic mass is 19.1. The van der Waals surface area contributed by atoms with Gasteiger partial charge in [0.2, 0.25) is 6.41 Å². The molecule has 4 N–H and O–H groups in total. The highest BCUT2D eigenvalue weighted by molar-refractivity contribution is 5.71. The van der Waals surface area contributed by atoms with E-state index in [0.717, 1.165) is 0 Å². The van der Waals surface area contributed by atoms with Gasteiger partial charge in [-0.2, -0.15) is 0 Å². The Hall–Kier alpha value is -2.63. The molecule has 6 heteroatoms. The molecule has 0 saturated carbocycles. The second-order valence-electron chi connectivity index (χ2n) is 3.86. The van der Waals surface area contributed by atoms with Crippen LogP contribution in [0.4, 0.5) is 21.6 Å². The third-order valence-electron chi connectivity index (χ3n) is 2.58. The molecule has 2 rings (SSSR count). The van der Waals surface area contributed by atoms with Gasteiger partial charge in [0, 0.05) is 24.0 Å². The van der Waals surface area contributed by atoms with Crippen LogP contribution in [0, 0.1) is 5.82 Å². The van der Waals surface area contributed by atoms with Crippen LogP contribution in [-0.2, 0) is 11.3 Å². The predicted molar refractivity (Wildman–Crippen MR) is 72.1 cm³/mol. The van der Waals surface area contributed by atoms with E-state index in [-0.39, 0.29) is 12.4 Å². The number of aromatic nitrogens is 1. The summed E-state index contributed by atoms with van der Waals surface area (Å²) in [6.07, 6.45) is 2.12. The molecule has 0 spiro atoms. The molecule has 0 fully saturated rings. The van der Waals surface area contributed by atoms with Crippen LogP contribution in [-0.4, -0.2) is 11.4 Å². The highest BCUT2D eigenvalue weighted by Crippen LogP contribution is 2.18. The van der Waals surface area contributed by atoms with Crippen LogP contribution in [0.5, 0.6) is 0 Å². The summed E-state index contributed by atoms with van der Waals surface area (Å²) in [5, 5.41) is 5.47. The Kier molecular flexibility index (Phi) is 3.92. The molecule has 1 aromatic heterocycles. The smallest absolute Gasteiger partial charge is 0.211 e. The van der Waals surface area contributed by atoms with Gasteiger partial charge in [-0.1, -0.05) is 0 Å². The standard InChI is InChI=1S/C13H13FN4O/c14-11-4-3-10(18-8-19)6-9(11)7-17-12-2-1-5-16-13(12)15/h1-6,8,17H,7H2,(H2,15,16)(H,18,19). The summed E-state index contributed by atoms with van der Waals surface area (Å²) in [6, 6.07) is 7.84. The molecule has 0 aliphatic heterocycles. The first-order chi connectivity index (χ1) is 9.20. The highest BCUT2D eigenvalue weighted by Gasteiger charge is 2.05. The number of nitrogens with zero attached hydrogens (tertiary/aromatic N) is 1. The van der Waals surface area contributed by atoms with Crippen molar-refractivity contribution in [2.24, 2.45) is 0 Å². The minimum absolute atomic E-state index is 0.246. The summed E-state index contributed by atoms with van der Waals surface area (Å²) in [7, 11) is 0. The van der Waals surface area contributed by atoms with Crippen LogP contribution in [0.3, 0.4) is 0 Å². The lowest BCUT2D eigenvalue weighted by Gasteiger charge is -2.10. The number of nitrogens with one attached hydrogen (secondary N) is 2. The lowest BCUT2D eigenvalue weighted by atomic mass is 10.2. The normalized spacial score (nSPS) is 9.95. The number of pyridine rings is 1. The third-order valence-corrected chi connectivity index (χ3v) is 2.58. The third kappa shape index (κ3) is 3.19. The molecule has 2 aromatic rings. The van der Waals surface area contributed by atoms with Gasteiger partial charge in [0.05, 0.1) is 5.69 Å². The minimum atomic E-state index is -0.355. The second kappa shape index (κ2) is 5.81. The number of hydrogen-bond acceptors (Lipinski definition) is 4. The monoisotopic (exact) mass is 260 g/mol. The van der Waals surface area contributed by atoms with Gasteiger partial charge in [-0.25, -0.2) is 9.37 Å². The van der Waals surface area contributed by atoms with Gasteiger partial charge in [-0.3, -0.25) is 4.79 Å². The van der Waals surface area contributed by atoms with Gasteiger partial charge in [-0.05, 0) is 30.3 Å². The van der Waals surface area contributed by atoms with Crippen molar-refractivity contribution < 1.29 is 9.18 Å². The first-order valence-corrected chi connectivity index (χ1v) is 5.63. The topological polar surface area (TPSA) is 80.0 Å². The van der Waals surface area contributed by atoms with Crippen LogP contribution in [0.25, 0.3) is 0 Å². The average molecular weight is 260 g/mol. The summed E-state index contributed by atoms with van der Waals surface area (Å²) >= 11 is 0. The van der Waals surface area contributed by atoms with Crippen molar-refractivity contribution in [3.8, 4) is 0 Å². The largest absolute Gasteiger partial charge is 0.382 e. The summed E-state index contributed by atoms with van der Waals surface area (Å²) in [6.45, 7) is 0.246. The number of carbonyl (C=O) groups is 1. The van der Waals surface area contributed by atoms with Gasteiger partial charge < -0.3 is 16.4 Å². The molecule has 0 aliphatic rings. The fourth-order valence-corrected chi connectivity index (χ4v) is 1.63. The van der Waals surface area contributed by atoms with E-state index in [1.165, 1.54) is 12.1 Å². The van der Waals surface area contributed by atoms with E-state index in [4.69, 9.17) is 5.73 Å². The minimum Gasteiger partial charge on any atom is -0.382 e. The molecule has 0 unspecified atom stereocenters. The molecule has 1 amide bonds. The molecule has 0 aliphatic carbocycles. The molecule has 0 bridgehead atoms. The van der Waals surface area contributed by atoms with Gasteiger partial charge >= 0.3 is 0 Å². The Morgan fingerprint density at radius 3 is 2.95 bits per heavy atom. The number of hydrogen-bond donors (Lipinski definition) is 3. The lowest BCUT2D eigenvalue weighted by molar-refractivity contribution is -0.105. The molecule has 19 heavy (non-hydrogen) atoms. The van der Waals surface area contributed by atoms with Crippen LogP contribution >= 0.6 is 0 Å². The Bertz CT molecular complexity index is 589. The van der Waals surface area contributed by atoms with Crippen molar-refractivity contribution in [1.29, 1.82) is 0 Å². The number of rotatable bonds is 5. The van der Waals surface area contributed by atoms with E-state index in [9.17, 15) is 9.18 Å². The number of benzene rings is 1. The number of anilines is 3.